The van der Waals surface area contributed by atoms with Crippen molar-refractivity contribution in [3.8, 4) is 0 Å². The van der Waals surface area contributed by atoms with Gasteiger partial charge in [-0.3, -0.25) is 5.32 Å². The summed E-state index contributed by atoms with van der Waals surface area (Å²) in [4.78, 5) is 12.5. The van der Waals surface area contributed by atoms with Gasteiger partial charge in [0, 0.05) is 12.6 Å². The lowest BCUT2D eigenvalue weighted by molar-refractivity contribution is -0.156. The first kappa shape index (κ1) is 15.3. The van der Waals surface area contributed by atoms with Crippen molar-refractivity contribution >= 4 is 5.97 Å². The zero-order valence-electron chi connectivity index (χ0n) is 13.2. The summed E-state index contributed by atoms with van der Waals surface area (Å²) in [7, 11) is 0. The van der Waals surface area contributed by atoms with Gasteiger partial charge in [-0.15, -0.1) is 0 Å². The van der Waals surface area contributed by atoms with Gasteiger partial charge >= 0.3 is 5.97 Å². The molecule has 0 aromatic rings. The Morgan fingerprint density at radius 3 is 2.48 bits per heavy atom. The molecule has 0 spiro atoms. The van der Waals surface area contributed by atoms with E-state index in [0.717, 1.165) is 31.8 Å². The molecule has 0 aliphatic heterocycles. The third kappa shape index (κ3) is 3.78. The van der Waals surface area contributed by atoms with Crippen LogP contribution in [0.5, 0.6) is 0 Å². The smallest absolute Gasteiger partial charge is 0.329 e. The molecule has 21 heavy (non-hydrogen) atoms. The lowest BCUT2D eigenvalue weighted by atomic mass is 9.83. The first-order chi connectivity index (χ1) is 10.2. The maximum Gasteiger partial charge on any atom is 0.329 e. The molecular formula is C17H29NO3. The number of rotatable bonds is 10. The molecule has 0 aromatic carbocycles. The summed E-state index contributed by atoms with van der Waals surface area (Å²) in [6, 6.07) is 0.491. The van der Waals surface area contributed by atoms with Crippen LogP contribution in [0.1, 0.15) is 58.3 Å². The van der Waals surface area contributed by atoms with Crippen molar-refractivity contribution in [1.82, 2.24) is 5.32 Å². The Kier molecular flexibility index (Phi) is 4.85. The Morgan fingerprint density at radius 2 is 1.95 bits per heavy atom. The number of hydrogen-bond donors (Lipinski definition) is 1. The van der Waals surface area contributed by atoms with Crippen LogP contribution >= 0.6 is 0 Å². The molecule has 1 N–H and O–H groups in total. The van der Waals surface area contributed by atoms with E-state index in [2.05, 4.69) is 5.32 Å². The Bertz CT molecular complexity index is 361. The Morgan fingerprint density at radius 1 is 1.19 bits per heavy atom. The monoisotopic (exact) mass is 295 g/mol. The number of nitrogens with one attached hydrogen (secondary N) is 1. The number of carbonyl (C=O) groups excluding carboxylic acids is 1. The van der Waals surface area contributed by atoms with E-state index >= 15 is 0 Å². The number of esters is 1. The van der Waals surface area contributed by atoms with Crippen molar-refractivity contribution in [2.75, 3.05) is 19.8 Å². The van der Waals surface area contributed by atoms with Gasteiger partial charge < -0.3 is 9.47 Å². The van der Waals surface area contributed by atoms with Gasteiger partial charge in [0.2, 0.25) is 0 Å². The van der Waals surface area contributed by atoms with E-state index in [1.54, 1.807) is 0 Å². The molecule has 4 nitrogen and oxygen atoms in total. The fourth-order valence-corrected chi connectivity index (χ4v) is 3.25. The van der Waals surface area contributed by atoms with Gasteiger partial charge in [0.1, 0.15) is 5.54 Å². The van der Waals surface area contributed by atoms with Crippen LogP contribution in [-0.2, 0) is 14.3 Å². The molecule has 3 fully saturated rings. The fourth-order valence-electron chi connectivity index (χ4n) is 3.25. The van der Waals surface area contributed by atoms with Crippen molar-refractivity contribution < 1.29 is 14.3 Å². The molecule has 3 aliphatic rings. The maximum atomic E-state index is 12.5. The Hall–Kier alpha value is -0.610. The molecule has 3 saturated carbocycles. The molecule has 0 aromatic heterocycles. The van der Waals surface area contributed by atoms with Crippen LogP contribution in [0.4, 0.5) is 0 Å². The van der Waals surface area contributed by atoms with Crippen LogP contribution in [0.25, 0.3) is 0 Å². The molecule has 4 heteroatoms. The topological polar surface area (TPSA) is 47.6 Å². The molecule has 1 unspecified atom stereocenters. The number of hydrogen-bond acceptors (Lipinski definition) is 4. The minimum Gasteiger partial charge on any atom is -0.465 e. The summed E-state index contributed by atoms with van der Waals surface area (Å²) in [6.07, 6.45) is 9.82. The van der Waals surface area contributed by atoms with Gasteiger partial charge in [0.25, 0.3) is 0 Å². The van der Waals surface area contributed by atoms with Crippen molar-refractivity contribution in [1.29, 1.82) is 0 Å². The second-order valence-corrected chi connectivity index (χ2v) is 7.02. The highest BCUT2D eigenvalue weighted by Gasteiger charge is 2.54. The normalized spacial score (nSPS) is 25.2. The second kappa shape index (κ2) is 6.66. The molecule has 3 aliphatic carbocycles. The SMILES string of the molecule is CCOC(=O)C(COCCC1CCC1)(NC1CC1)C1CC1. The van der Waals surface area contributed by atoms with Crippen molar-refractivity contribution in [3.05, 3.63) is 0 Å². The number of carbonyl (C=O) groups is 1. The highest BCUT2D eigenvalue weighted by molar-refractivity contribution is 5.82. The van der Waals surface area contributed by atoms with Gasteiger partial charge in [0.15, 0.2) is 0 Å². The molecule has 0 saturated heterocycles. The largest absolute Gasteiger partial charge is 0.465 e. The van der Waals surface area contributed by atoms with Gasteiger partial charge in [-0.2, -0.15) is 0 Å². The minimum absolute atomic E-state index is 0.0944. The van der Waals surface area contributed by atoms with Gasteiger partial charge in [-0.1, -0.05) is 19.3 Å². The molecule has 1 atom stereocenters. The first-order valence-electron chi connectivity index (χ1n) is 8.77. The molecule has 3 rings (SSSR count). The maximum absolute atomic E-state index is 12.5. The van der Waals surface area contributed by atoms with E-state index in [0.29, 0.717) is 25.2 Å². The Balaban J connectivity index is 1.54. The lowest BCUT2D eigenvalue weighted by Crippen LogP contribution is -2.59. The zero-order valence-corrected chi connectivity index (χ0v) is 13.2. The van der Waals surface area contributed by atoms with Crippen LogP contribution in [-0.4, -0.2) is 37.4 Å². The predicted octanol–water partition coefficient (Wildman–Crippen LogP) is 2.66. The van der Waals surface area contributed by atoms with Crippen LogP contribution < -0.4 is 5.32 Å². The van der Waals surface area contributed by atoms with Crippen LogP contribution in [0.15, 0.2) is 0 Å². The average Bonchev–Trinajstić information content (AvgIpc) is 3.27. The quantitative estimate of drug-likeness (QED) is 0.497. The van der Waals surface area contributed by atoms with Gasteiger partial charge in [-0.05, 0) is 50.9 Å². The molecule has 0 bridgehead atoms. The van der Waals surface area contributed by atoms with Gasteiger partial charge in [-0.25, -0.2) is 4.79 Å². The van der Waals surface area contributed by atoms with E-state index in [1.165, 1.54) is 32.1 Å². The predicted molar refractivity (Wildman–Crippen MR) is 81.0 cm³/mol. The fraction of sp³-hybridized carbons (Fsp3) is 0.941. The molecule has 120 valence electrons. The summed E-state index contributed by atoms with van der Waals surface area (Å²) in [6.45, 7) is 3.59. The van der Waals surface area contributed by atoms with E-state index in [9.17, 15) is 4.79 Å². The van der Waals surface area contributed by atoms with E-state index < -0.39 is 5.54 Å². The van der Waals surface area contributed by atoms with Crippen molar-refractivity contribution in [2.45, 2.75) is 69.9 Å². The summed E-state index contributed by atoms with van der Waals surface area (Å²) in [5.74, 6) is 1.17. The summed E-state index contributed by atoms with van der Waals surface area (Å²) < 4.78 is 11.3. The van der Waals surface area contributed by atoms with Crippen LogP contribution in [0.2, 0.25) is 0 Å². The summed E-state index contributed by atoms with van der Waals surface area (Å²) >= 11 is 0. The van der Waals surface area contributed by atoms with E-state index in [1.807, 2.05) is 6.92 Å². The van der Waals surface area contributed by atoms with Crippen molar-refractivity contribution in [2.24, 2.45) is 11.8 Å². The minimum atomic E-state index is -0.573. The Labute approximate surface area is 127 Å². The highest BCUT2D eigenvalue weighted by Crippen LogP contribution is 2.42. The first-order valence-corrected chi connectivity index (χ1v) is 8.77. The van der Waals surface area contributed by atoms with Crippen LogP contribution in [0.3, 0.4) is 0 Å². The lowest BCUT2D eigenvalue weighted by Gasteiger charge is -2.33. The molecule has 0 radical (unpaired) electrons. The van der Waals surface area contributed by atoms with E-state index in [4.69, 9.17) is 9.47 Å². The zero-order chi connectivity index (χ0) is 14.7. The second-order valence-electron chi connectivity index (χ2n) is 7.02. The van der Waals surface area contributed by atoms with Crippen molar-refractivity contribution in [3.63, 3.8) is 0 Å². The average molecular weight is 295 g/mol. The molecule has 0 amide bonds. The number of ether oxygens (including phenoxy) is 2. The highest BCUT2D eigenvalue weighted by atomic mass is 16.5. The summed E-state index contributed by atoms with van der Waals surface area (Å²) in [5.41, 5.74) is -0.573. The molecule has 0 heterocycles. The van der Waals surface area contributed by atoms with E-state index in [-0.39, 0.29) is 5.97 Å². The summed E-state index contributed by atoms with van der Waals surface area (Å²) in [5, 5.41) is 3.57. The third-order valence-electron chi connectivity index (χ3n) is 5.18. The third-order valence-corrected chi connectivity index (χ3v) is 5.18. The molecular weight excluding hydrogens is 266 g/mol. The van der Waals surface area contributed by atoms with Crippen LogP contribution in [0, 0.1) is 11.8 Å². The van der Waals surface area contributed by atoms with Gasteiger partial charge in [0.05, 0.1) is 13.2 Å². The standard InChI is InChI=1S/C17H29NO3/c1-2-21-16(19)17(14-6-7-14,18-15-8-9-15)12-20-11-10-13-4-3-5-13/h13-15,18H,2-12H2,1H3.